The lowest BCUT2D eigenvalue weighted by Gasteiger charge is -2.30. The topological polar surface area (TPSA) is 71.3 Å². The highest BCUT2D eigenvalue weighted by atomic mass is 16.4. The molecule has 134 valence electrons. The molecule has 3 heterocycles. The molecule has 1 saturated heterocycles. The Morgan fingerprint density at radius 2 is 1.92 bits per heavy atom. The van der Waals surface area contributed by atoms with E-state index < -0.39 is 0 Å². The van der Waals surface area contributed by atoms with Crippen LogP contribution < -0.4 is 10.2 Å². The Morgan fingerprint density at radius 1 is 1.19 bits per heavy atom. The van der Waals surface area contributed by atoms with Crippen LogP contribution in [0.1, 0.15) is 31.4 Å². The fraction of sp³-hybridized carbons (Fsp3) is 0.350. The number of aromatic nitrogens is 2. The van der Waals surface area contributed by atoms with Gasteiger partial charge in [0.25, 0.3) is 6.01 Å². The fourth-order valence-electron chi connectivity index (χ4n) is 3.39. The number of oxazole rings is 1. The Balaban J connectivity index is 1.35. The minimum Gasteiger partial charge on any atom is -0.423 e. The summed E-state index contributed by atoms with van der Waals surface area (Å²) in [4.78, 5) is 23.3. The van der Waals surface area contributed by atoms with Crippen LogP contribution in [0.25, 0.3) is 11.1 Å². The van der Waals surface area contributed by atoms with E-state index in [0.717, 1.165) is 42.6 Å². The maximum absolute atomic E-state index is 12.6. The number of para-hydroxylation sites is 2. The van der Waals surface area contributed by atoms with Crippen molar-refractivity contribution in [2.45, 2.75) is 25.8 Å². The van der Waals surface area contributed by atoms with Crippen molar-refractivity contribution in [3.05, 3.63) is 54.4 Å². The third-order valence-corrected chi connectivity index (χ3v) is 4.98. The summed E-state index contributed by atoms with van der Waals surface area (Å²) >= 11 is 0. The molecule has 26 heavy (non-hydrogen) atoms. The zero-order valence-corrected chi connectivity index (χ0v) is 14.8. The van der Waals surface area contributed by atoms with Gasteiger partial charge >= 0.3 is 0 Å². The second kappa shape index (κ2) is 7.15. The molecule has 1 fully saturated rings. The Labute approximate surface area is 152 Å². The number of rotatable bonds is 4. The quantitative estimate of drug-likeness (QED) is 0.781. The van der Waals surface area contributed by atoms with Gasteiger partial charge in [0.15, 0.2) is 5.58 Å². The molecule has 3 aromatic rings. The summed E-state index contributed by atoms with van der Waals surface area (Å²) in [5.74, 6) is 0.145. The predicted molar refractivity (Wildman–Crippen MR) is 99.7 cm³/mol. The molecule has 1 aromatic carbocycles. The first-order valence-electron chi connectivity index (χ1n) is 9.01. The van der Waals surface area contributed by atoms with Gasteiger partial charge in [0.2, 0.25) is 5.91 Å². The molecule has 6 nitrogen and oxygen atoms in total. The monoisotopic (exact) mass is 350 g/mol. The van der Waals surface area contributed by atoms with Crippen LogP contribution in [0, 0.1) is 5.92 Å². The highest BCUT2D eigenvalue weighted by molar-refractivity contribution is 5.79. The molecule has 1 N–H and O–H groups in total. The summed E-state index contributed by atoms with van der Waals surface area (Å²) < 4.78 is 5.83. The maximum Gasteiger partial charge on any atom is 0.298 e. The van der Waals surface area contributed by atoms with E-state index in [4.69, 9.17) is 4.42 Å². The van der Waals surface area contributed by atoms with E-state index in [1.54, 1.807) is 12.4 Å². The second-order valence-corrected chi connectivity index (χ2v) is 6.74. The van der Waals surface area contributed by atoms with Gasteiger partial charge in [0.1, 0.15) is 5.52 Å². The first-order valence-corrected chi connectivity index (χ1v) is 9.01. The second-order valence-electron chi connectivity index (χ2n) is 6.74. The molecule has 4 rings (SSSR count). The number of piperidine rings is 1. The maximum atomic E-state index is 12.6. The van der Waals surface area contributed by atoms with Crippen molar-refractivity contribution < 1.29 is 9.21 Å². The zero-order chi connectivity index (χ0) is 17.9. The summed E-state index contributed by atoms with van der Waals surface area (Å²) in [6.07, 6.45) is 5.09. The van der Waals surface area contributed by atoms with Gasteiger partial charge in [-0.2, -0.15) is 4.98 Å². The van der Waals surface area contributed by atoms with Crippen molar-refractivity contribution in [1.29, 1.82) is 0 Å². The van der Waals surface area contributed by atoms with Gasteiger partial charge in [-0.1, -0.05) is 12.1 Å². The van der Waals surface area contributed by atoms with Gasteiger partial charge in [0.05, 0.1) is 6.04 Å². The fourth-order valence-corrected chi connectivity index (χ4v) is 3.39. The van der Waals surface area contributed by atoms with Crippen molar-refractivity contribution >= 4 is 23.0 Å². The summed E-state index contributed by atoms with van der Waals surface area (Å²) in [5.41, 5.74) is 2.74. The molecule has 1 aliphatic rings. The van der Waals surface area contributed by atoms with Gasteiger partial charge in [-0.05, 0) is 49.6 Å². The number of amides is 1. The largest absolute Gasteiger partial charge is 0.423 e. The third kappa shape index (κ3) is 3.40. The molecule has 0 radical (unpaired) electrons. The van der Waals surface area contributed by atoms with E-state index in [0.29, 0.717) is 6.01 Å². The molecule has 6 heteroatoms. The summed E-state index contributed by atoms with van der Waals surface area (Å²) in [6, 6.07) is 12.3. The number of nitrogens with zero attached hydrogens (tertiary/aromatic N) is 3. The van der Waals surface area contributed by atoms with Crippen LogP contribution >= 0.6 is 0 Å². The van der Waals surface area contributed by atoms with Gasteiger partial charge in [0, 0.05) is 31.4 Å². The number of fused-ring (bicyclic) bond motifs is 1. The van der Waals surface area contributed by atoms with Crippen molar-refractivity contribution in [2.75, 3.05) is 18.0 Å². The Bertz CT molecular complexity index is 852. The zero-order valence-electron chi connectivity index (χ0n) is 14.8. The van der Waals surface area contributed by atoms with Crippen molar-refractivity contribution in [3.63, 3.8) is 0 Å². The summed E-state index contributed by atoms with van der Waals surface area (Å²) in [6.45, 7) is 3.55. The number of anilines is 1. The first kappa shape index (κ1) is 16.6. The molecular formula is C20H22N4O2. The SMILES string of the molecule is CC(NC(=O)C1CCN(c2nc3ccccc3o2)CC1)c1ccncc1. The van der Waals surface area contributed by atoms with E-state index >= 15 is 0 Å². The average molecular weight is 350 g/mol. The Hall–Kier alpha value is -2.89. The number of carbonyl (C=O) groups excluding carboxylic acids is 1. The number of hydrogen-bond acceptors (Lipinski definition) is 5. The molecule has 0 spiro atoms. The number of hydrogen-bond donors (Lipinski definition) is 1. The third-order valence-electron chi connectivity index (χ3n) is 4.98. The van der Waals surface area contributed by atoms with E-state index in [2.05, 4.69) is 20.2 Å². The molecule has 1 unspecified atom stereocenters. The van der Waals surface area contributed by atoms with Crippen LogP contribution in [-0.4, -0.2) is 29.0 Å². The Morgan fingerprint density at radius 3 is 2.65 bits per heavy atom. The lowest BCUT2D eigenvalue weighted by Crippen LogP contribution is -2.41. The molecule has 0 bridgehead atoms. The number of nitrogens with one attached hydrogen (secondary N) is 1. The van der Waals surface area contributed by atoms with Gasteiger partial charge in [-0.15, -0.1) is 0 Å². The average Bonchev–Trinajstić information content (AvgIpc) is 3.13. The van der Waals surface area contributed by atoms with E-state index in [1.807, 2.05) is 43.3 Å². The molecule has 1 atom stereocenters. The minimum absolute atomic E-state index is 0.0134. The van der Waals surface area contributed by atoms with Crippen molar-refractivity contribution in [3.8, 4) is 0 Å². The molecule has 1 aliphatic heterocycles. The van der Waals surface area contributed by atoms with Crippen LogP contribution in [0.5, 0.6) is 0 Å². The number of pyridine rings is 1. The summed E-state index contributed by atoms with van der Waals surface area (Å²) in [7, 11) is 0. The summed E-state index contributed by atoms with van der Waals surface area (Å²) in [5, 5.41) is 3.12. The highest BCUT2D eigenvalue weighted by Crippen LogP contribution is 2.26. The highest BCUT2D eigenvalue weighted by Gasteiger charge is 2.28. The molecule has 2 aromatic heterocycles. The smallest absolute Gasteiger partial charge is 0.298 e. The van der Waals surface area contributed by atoms with Crippen molar-refractivity contribution in [1.82, 2.24) is 15.3 Å². The molecule has 0 saturated carbocycles. The normalized spacial score (nSPS) is 16.6. The predicted octanol–water partition coefficient (Wildman–Crippen LogP) is 3.32. The van der Waals surface area contributed by atoms with Crippen LogP contribution in [0.2, 0.25) is 0 Å². The standard InChI is InChI=1S/C20H22N4O2/c1-14(15-6-10-21-11-7-15)22-19(25)16-8-12-24(13-9-16)20-23-17-4-2-3-5-18(17)26-20/h2-7,10-11,14,16H,8-9,12-13H2,1H3,(H,22,25). The van der Waals surface area contributed by atoms with E-state index in [-0.39, 0.29) is 17.9 Å². The molecule has 0 aliphatic carbocycles. The van der Waals surface area contributed by atoms with Gasteiger partial charge < -0.3 is 14.6 Å². The van der Waals surface area contributed by atoms with Crippen LogP contribution in [0.3, 0.4) is 0 Å². The van der Waals surface area contributed by atoms with E-state index in [9.17, 15) is 4.79 Å². The van der Waals surface area contributed by atoms with E-state index in [1.165, 1.54) is 0 Å². The van der Waals surface area contributed by atoms with Crippen LogP contribution in [-0.2, 0) is 4.79 Å². The van der Waals surface area contributed by atoms with Gasteiger partial charge in [-0.3, -0.25) is 9.78 Å². The number of benzene rings is 1. The first-order chi connectivity index (χ1) is 12.7. The molecular weight excluding hydrogens is 328 g/mol. The minimum atomic E-state index is -0.0134. The van der Waals surface area contributed by atoms with Crippen LogP contribution in [0.4, 0.5) is 6.01 Å². The lowest BCUT2D eigenvalue weighted by atomic mass is 9.95. The van der Waals surface area contributed by atoms with Crippen molar-refractivity contribution in [2.24, 2.45) is 5.92 Å². The molecule has 1 amide bonds. The number of carbonyl (C=O) groups is 1. The Kier molecular flexibility index (Phi) is 4.56. The van der Waals surface area contributed by atoms with Crippen LogP contribution in [0.15, 0.2) is 53.2 Å². The van der Waals surface area contributed by atoms with Gasteiger partial charge in [-0.25, -0.2) is 0 Å². The lowest BCUT2D eigenvalue weighted by molar-refractivity contribution is -0.126.